The van der Waals surface area contributed by atoms with Gasteiger partial charge in [-0.2, -0.15) is 0 Å². The lowest BCUT2D eigenvalue weighted by molar-refractivity contribution is -0.126. The van der Waals surface area contributed by atoms with Gasteiger partial charge in [-0.1, -0.05) is 36.4 Å². The number of fused-ring (bicyclic) bond motifs is 1. The first kappa shape index (κ1) is 15.7. The maximum Gasteiger partial charge on any atom is 0.230 e. The molecule has 1 aliphatic rings. The third-order valence-corrected chi connectivity index (χ3v) is 4.74. The van der Waals surface area contributed by atoms with Crippen molar-refractivity contribution in [3.8, 4) is 0 Å². The van der Waals surface area contributed by atoms with Gasteiger partial charge >= 0.3 is 0 Å². The van der Waals surface area contributed by atoms with Crippen molar-refractivity contribution in [1.82, 2.24) is 5.32 Å². The normalized spacial score (nSPS) is 20.2. The van der Waals surface area contributed by atoms with Crippen LogP contribution in [0.3, 0.4) is 0 Å². The predicted octanol–water partition coefficient (Wildman–Crippen LogP) is 2.84. The molecule has 3 rings (SSSR count). The Morgan fingerprint density at radius 1 is 1.17 bits per heavy atom. The molecule has 0 bridgehead atoms. The fourth-order valence-electron chi connectivity index (χ4n) is 3.11. The molecule has 2 aromatic rings. The molecule has 120 valence electrons. The highest BCUT2D eigenvalue weighted by Crippen LogP contribution is 2.31. The molecule has 3 nitrogen and oxygen atoms in total. The highest BCUT2D eigenvalue weighted by Gasteiger charge is 2.36. The van der Waals surface area contributed by atoms with E-state index < -0.39 is 5.41 Å². The van der Waals surface area contributed by atoms with Gasteiger partial charge in [-0.05, 0) is 49.1 Å². The second-order valence-electron chi connectivity index (χ2n) is 6.64. The Kier molecular flexibility index (Phi) is 3.94. The van der Waals surface area contributed by atoms with Crippen LogP contribution in [0.2, 0.25) is 0 Å². The summed E-state index contributed by atoms with van der Waals surface area (Å²) in [4.78, 5) is 12.7. The number of benzene rings is 2. The largest absolute Gasteiger partial charge is 0.350 e. The van der Waals surface area contributed by atoms with Crippen molar-refractivity contribution in [3.63, 3.8) is 0 Å². The van der Waals surface area contributed by atoms with Crippen LogP contribution in [0.1, 0.15) is 36.6 Å². The summed E-state index contributed by atoms with van der Waals surface area (Å²) in [7, 11) is 0. The van der Waals surface area contributed by atoms with Crippen molar-refractivity contribution < 1.29 is 9.18 Å². The van der Waals surface area contributed by atoms with Gasteiger partial charge in [-0.15, -0.1) is 0 Å². The molecule has 0 heterocycles. The molecule has 0 spiro atoms. The summed E-state index contributed by atoms with van der Waals surface area (Å²) in [6, 6.07) is 13.8. The van der Waals surface area contributed by atoms with Crippen LogP contribution in [0, 0.1) is 5.82 Å². The van der Waals surface area contributed by atoms with Crippen LogP contribution < -0.4 is 11.1 Å². The summed E-state index contributed by atoms with van der Waals surface area (Å²) in [6.45, 7) is 3.67. The Bertz CT molecular complexity index is 724. The van der Waals surface area contributed by atoms with E-state index in [0.29, 0.717) is 0 Å². The number of halogens is 1. The van der Waals surface area contributed by atoms with Crippen LogP contribution in [0.15, 0.2) is 48.5 Å². The smallest absolute Gasteiger partial charge is 0.230 e. The first-order valence-electron chi connectivity index (χ1n) is 7.80. The zero-order chi connectivity index (χ0) is 16.6. The van der Waals surface area contributed by atoms with E-state index in [1.165, 1.54) is 17.7 Å². The SMILES string of the molecule is CC(C)(C(=O)N[C@H]1Cc2ccccc2[C@@H]1N)c1ccc(F)cc1. The molecule has 0 radical (unpaired) electrons. The second-order valence-corrected chi connectivity index (χ2v) is 6.64. The van der Waals surface area contributed by atoms with Crippen LogP contribution in [-0.2, 0) is 16.6 Å². The maximum atomic E-state index is 13.1. The van der Waals surface area contributed by atoms with E-state index in [2.05, 4.69) is 5.32 Å². The number of rotatable bonds is 3. The average molecular weight is 312 g/mol. The molecular weight excluding hydrogens is 291 g/mol. The molecule has 0 unspecified atom stereocenters. The zero-order valence-electron chi connectivity index (χ0n) is 13.3. The minimum Gasteiger partial charge on any atom is -0.350 e. The first-order chi connectivity index (χ1) is 10.9. The summed E-state index contributed by atoms with van der Waals surface area (Å²) < 4.78 is 13.1. The Morgan fingerprint density at radius 2 is 1.83 bits per heavy atom. The molecule has 0 fully saturated rings. The minimum atomic E-state index is -0.748. The summed E-state index contributed by atoms with van der Waals surface area (Å²) in [5.74, 6) is -0.407. The third-order valence-electron chi connectivity index (χ3n) is 4.74. The van der Waals surface area contributed by atoms with Gasteiger partial charge in [0, 0.05) is 0 Å². The fraction of sp³-hybridized carbons (Fsp3) is 0.316. The molecule has 2 aromatic carbocycles. The summed E-state index contributed by atoms with van der Waals surface area (Å²) in [5.41, 5.74) is 8.59. The predicted molar refractivity (Wildman–Crippen MR) is 88.4 cm³/mol. The minimum absolute atomic E-state index is 0.0997. The Labute approximate surface area is 135 Å². The molecule has 23 heavy (non-hydrogen) atoms. The van der Waals surface area contributed by atoms with E-state index in [9.17, 15) is 9.18 Å². The number of hydrogen-bond donors (Lipinski definition) is 2. The molecule has 1 amide bonds. The molecule has 3 N–H and O–H groups in total. The molecule has 4 heteroatoms. The van der Waals surface area contributed by atoms with Crippen molar-refractivity contribution in [2.45, 2.75) is 37.8 Å². The number of hydrogen-bond acceptors (Lipinski definition) is 2. The number of carbonyl (C=O) groups is 1. The summed E-state index contributed by atoms with van der Waals surface area (Å²) >= 11 is 0. The van der Waals surface area contributed by atoms with Crippen LogP contribution in [0.5, 0.6) is 0 Å². The molecule has 0 aliphatic heterocycles. The van der Waals surface area contributed by atoms with E-state index >= 15 is 0 Å². The highest BCUT2D eigenvalue weighted by atomic mass is 19.1. The monoisotopic (exact) mass is 312 g/mol. The average Bonchev–Trinajstić information content (AvgIpc) is 2.84. The number of carbonyl (C=O) groups excluding carboxylic acids is 1. The van der Waals surface area contributed by atoms with Gasteiger partial charge in [0.25, 0.3) is 0 Å². The van der Waals surface area contributed by atoms with Crippen LogP contribution in [0.4, 0.5) is 4.39 Å². The molecule has 0 saturated carbocycles. The van der Waals surface area contributed by atoms with E-state index in [4.69, 9.17) is 5.73 Å². The Hall–Kier alpha value is -2.20. The molecule has 1 aliphatic carbocycles. The molecule has 0 saturated heterocycles. The number of nitrogens with two attached hydrogens (primary N) is 1. The van der Waals surface area contributed by atoms with Gasteiger partial charge in [0.2, 0.25) is 5.91 Å². The lowest BCUT2D eigenvalue weighted by atomic mass is 9.83. The standard InChI is InChI=1S/C19H21FN2O/c1-19(2,13-7-9-14(20)10-8-13)18(23)22-16-11-12-5-3-4-6-15(12)17(16)21/h3-10,16-17H,11,21H2,1-2H3,(H,22,23)/t16-,17-/m0/s1. The number of amides is 1. The van der Waals surface area contributed by atoms with Crippen LogP contribution in [-0.4, -0.2) is 11.9 Å². The van der Waals surface area contributed by atoms with Gasteiger partial charge in [-0.3, -0.25) is 4.79 Å². The van der Waals surface area contributed by atoms with Crippen molar-refractivity contribution >= 4 is 5.91 Å². The fourth-order valence-corrected chi connectivity index (χ4v) is 3.11. The highest BCUT2D eigenvalue weighted by molar-refractivity contribution is 5.87. The number of nitrogens with one attached hydrogen (secondary N) is 1. The van der Waals surface area contributed by atoms with Gasteiger partial charge < -0.3 is 11.1 Å². The van der Waals surface area contributed by atoms with Crippen LogP contribution in [0.25, 0.3) is 0 Å². The first-order valence-corrected chi connectivity index (χ1v) is 7.80. The molecule has 2 atom stereocenters. The van der Waals surface area contributed by atoms with Crippen molar-refractivity contribution in [2.24, 2.45) is 5.73 Å². The summed E-state index contributed by atoms with van der Waals surface area (Å²) in [6.07, 6.45) is 0.739. The van der Waals surface area contributed by atoms with E-state index in [0.717, 1.165) is 17.5 Å². The van der Waals surface area contributed by atoms with Gasteiger partial charge in [0.05, 0.1) is 17.5 Å². The topological polar surface area (TPSA) is 55.1 Å². The van der Waals surface area contributed by atoms with E-state index in [1.54, 1.807) is 12.1 Å². The Balaban J connectivity index is 1.76. The van der Waals surface area contributed by atoms with Gasteiger partial charge in [0.1, 0.15) is 5.82 Å². The summed E-state index contributed by atoms with van der Waals surface area (Å²) in [5, 5.41) is 3.07. The lowest BCUT2D eigenvalue weighted by Crippen LogP contribution is -2.48. The maximum absolute atomic E-state index is 13.1. The Morgan fingerprint density at radius 3 is 2.48 bits per heavy atom. The third kappa shape index (κ3) is 2.86. The quantitative estimate of drug-likeness (QED) is 0.915. The van der Waals surface area contributed by atoms with Gasteiger partial charge in [-0.25, -0.2) is 4.39 Å². The van der Waals surface area contributed by atoms with Crippen molar-refractivity contribution in [1.29, 1.82) is 0 Å². The lowest BCUT2D eigenvalue weighted by Gasteiger charge is -2.28. The van der Waals surface area contributed by atoms with Crippen molar-refractivity contribution in [2.75, 3.05) is 0 Å². The van der Waals surface area contributed by atoms with Crippen LogP contribution >= 0.6 is 0 Å². The van der Waals surface area contributed by atoms with E-state index in [1.807, 2.05) is 38.1 Å². The van der Waals surface area contributed by atoms with E-state index in [-0.39, 0.29) is 23.8 Å². The molecular formula is C19H21FN2O. The van der Waals surface area contributed by atoms with Crippen molar-refractivity contribution in [3.05, 3.63) is 71.0 Å². The molecule has 0 aromatic heterocycles. The second kappa shape index (κ2) is 5.78. The zero-order valence-corrected chi connectivity index (χ0v) is 13.3. The van der Waals surface area contributed by atoms with Gasteiger partial charge in [0.15, 0.2) is 0 Å².